The molecule has 2 aliphatic rings. The number of rotatable bonds is 3. The van der Waals surface area contributed by atoms with Crippen LogP contribution in [0.3, 0.4) is 0 Å². The van der Waals surface area contributed by atoms with Gasteiger partial charge in [-0.1, -0.05) is 18.2 Å². The number of fused-ring (bicyclic) bond motifs is 5. The van der Waals surface area contributed by atoms with Crippen LogP contribution in [-0.2, 0) is 0 Å². The summed E-state index contributed by atoms with van der Waals surface area (Å²) in [6, 6.07) is 15.8. The van der Waals surface area contributed by atoms with Gasteiger partial charge in [0, 0.05) is 22.9 Å². The van der Waals surface area contributed by atoms with Crippen molar-refractivity contribution in [3.05, 3.63) is 42.5 Å². The lowest BCUT2D eigenvalue weighted by atomic mass is 9.93. The van der Waals surface area contributed by atoms with Crippen LogP contribution < -0.4 is 10.1 Å². The van der Waals surface area contributed by atoms with Crippen LogP contribution in [-0.4, -0.2) is 18.7 Å². The maximum atomic E-state index is 6.13. The van der Waals surface area contributed by atoms with Gasteiger partial charge < -0.3 is 14.5 Å². The lowest BCUT2D eigenvalue weighted by Crippen LogP contribution is -2.39. The van der Waals surface area contributed by atoms with Crippen molar-refractivity contribution in [3.8, 4) is 5.75 Å². The fourth-order valence-corrected chi connectivity index (χ4v) is 4.32. The quantitative estimate of drug-likeness (QED) is 0.774. The second kappa shape index (κ2) is 5.27. The highest BCUT2D eigenvalue weighted by Crippen LogP contribution is 2.33. The highest BCUT2D eigenvalue weighted by Gasteiger charge is 2.33. The summed E-state index contributed by atoms with van der Waals surface area (Å²) >= 11 is 0. The van der Waals surface area contributed by atoms with Crippen LogP contribution in [0.4, 0.5) is 0 Å². The van der Waals surface area contributed by atoms with Gasteiger partial charge in [-0.3, -0.25) is 0 Å². The zero-order chi connectivity index (χ0) is 15.2. The smallest absolute Gasteiger partial charge is 0.135 e. The molecule has 1 N–H and O–H groups in total. The summed E-state index contributed by atoms with van der Waals surface area (Å²) in [5.41, 5.74) is 1.87. The number of furan rings is 1. The van der Waals surface area contributed by atoms with Gasteiger partial charge in [0.25, 0.3) is 0 Å². The van der Waals surface area contributed by atoms with Crippen LogP contribution in [0.2, 0.25) is 0 Å². The summed E-state index contributed by atoms with van der Waals surface area (Å²) in [5, 5.41) is 5.99. The van der Waals surface area contributed by atoms with Crippen molar-refractivity contribution in [1.29, 1.82) is 0 Å². The Morgan fingerprint density at radius 2 is 1.74 bits per heavy atom. The second-order valence-corrected chi connectivity index (χ2v) is 7.04. The van der Waals surface area contributed by atoms with Gasteiger partial charge in [0.05, 0.1) is 6.61 Å². The van der Waals surface area contributed by atoms with Crippen LogP contribution in [0, 0.1) is 5.92 Å². The predicted molar refractivity (Wildman–Crippen MR) is 91.9 cm³/mol. The lowest BCUT2D eigenvalue weighted by molar-refractivity contribution is 0.190. The minimum Gasteiger partial charge on any atom is -0.493 e. The van der Waals surface area contributed by atoms with Crippen molar-refractivity contribution in [1.82, 2.24) is 5.32 Å². The van der Waals surface area contributed by atoms with Gasteiger partial charge in [-0.25, -0.2) is 0 Å². The predicted octanol–water partition coefficient (Wildman–Crippen LogP) is 4.50. The van der Waals surface area contributed by atoms with Crippen molar-refractivity contribution in [2.24, 2.45) is 5.92 Å². The summed E-state index contributed by atoms with van der Waals surface area (Å²) < 4.78 is 12.0. The average Bonchev–Trinajstić information content (AvgIpc) is 3.12. The lowest BCUT2D eigenvalue weighted by Gasteiger charge is -2.28. The highest BCUT2D eigenvalue weighted by molar-refractivity contribution is 6.05. The first-order valence-corrected chi connectivity index (χ1v) is 8.65. The van der Waals surface area contributed by atoms with Crippen molar-refractivity contribution in [2.75, 3.05) is 6.61 Å². The first-order valence-electron chi connectivity index (χ1n) is 8.65. The van der Waals surface area contributed by atoms with E-state index in [4.69, 9.17) is 9.15 Å². The Morgan fingerprint density at radius 3 is 2.61 bits per heavy atom. The Bertz CT molecular complexity index is 841. The molecule has 0 spiro atoms. The number of para-hydroxylation sites is 1. The fraction of sp³-hybridized carbons (Fsp3) is 0.400. The fourth-order valence-electron chi connectivity index (χ4n) is 4.32. The number of hydrogen-bond donors (Lipinski definition) is 1. The van der Waals surface area contributed by atoms with Crippen molar-refractivity contribution in [3.63, 3.8) is 0 Å². The normalized spacial score (nSPS) is 26.9. The zero-order valence-electron chi connectivity index (χ0n) is 13.1. The monoisotopic (exact) mass is 307 g/mol. The first-order chi connectivity index (χ1) is 11.3. The number of hydrogen-bond acceptors (Lipinski definition) is 3. The summed E-state index contributed by atoms with van der Waals surface area (Å²) in [4.78, 5) is 0. The molecule has 3 nitrogen and oxygen atoms in total. The molecule has 2 unspecified atom stereocenters. The molecule has 2 saturated heterocycles. The van der Waals surface area contributed by atoms with E-state index < -0.39 is 0 Å². The molecule has 2 atom stereocenters. The summed E-state index contributed by atoms with van der Waals surface area (Å²) in [6.07, 6.45) is 5.20. The molecule has 1 aromatic heterocycles. The van der Waals surface area contributed by atoms with E-state index in [1.54, 1.807) is 0 Å². The summed E-state index contributed by atoms with van der Waals surface area (Å²) in [6.45, 7) is 0.829. The molecule has 0 amide bonds. The van der Waals surface area contributed by atoms with E-state index in [1.807, 2.05) is 24.3 Å². The van der Waals surface area contributed by atoms with E-state index in [0.29, 0.717) is 5.92 Å². The van der Waals surface area contributed by atoms with Crippen LogP contribution >= 0.6 is 0 Å². The Morgan fingerprint density at radius 1 is 0.957 bits per heavy atom. The van der Waals surface area contributed by atoms with Crippen molar-refractivity contribution < 1.29 is 9.15 Å². The van der Waals surface area contributed by atoms with Gasteiger partial charge in [-0.05, 0) is 55.9 Å². The number of nitrogens with one attached hydrogen (secondary N) is 1. The van der Waals surface area contributed by atoms with Gasteiger partial charge in [0.2, 0.25) is 0 Å². The van der Waals surface area contributed by atoms with E-state index in [0.717, 1.165) is 46.4 Å². The molecule has 2 aliphatic heterocycles. The molecule has 118 valence electrons. The number of piperidine rings is 1. The largest absolute Gasteiger partial charge is 0.493 e. The van der Waals surface area contributed by atoms with Crippen molar-refractivity contribution in [2.45, 2.75) is 37.8 Å². The average molecular weight is 307 g/mol. The van der Waals surface area contributed by atoms with E-state index in [1.165, 1.54) is 25.7 Å². The number of benzene rings is 2. The third-order valence-corrected chi connectivity index (χ3v) is 5.40. The third kappa shape index (κ3) is 2.40. The molecule has 0 aliphatic carbocycles. The van der Waals surface area contributed by atoms with Crippen molar-refractivity contribution >= 4 is 21.9 Å². The molecule has 5 rings (SSSR count). The summed E-state index contributed by atoms with van der Waals surface area (Å²) in [5.74, 6) is 1.64. The maximum absolute atomic E-state index is 6.13. The van der Waals surface area contributed by atoms with Gasteiger partial charge >= 0.3 is 0 Å². The van der Waals surface area contributed by atoms with Crippen LogP contribution in [0.15, 0.2) is 46.9 Å². The second-order valence-electron chi connectivity index (χ2n) is 7.04. The van der Waals surface area contributed by atoms with Crippen LogP contribution in [0.1, 0.15) is 25.7 Å². The van der Waals surface area contributed by atoms with E-state index in [-0.39, 0.29) is 0 Å². The standard InChI is InChI=1S/C20H21NO2/c1-2-4-19-17(3-1)18-11-16(7-8-20(18)23-19)22-12-13-9-14-5-6-15(10-13)21-14/h1-4,7-8,11,13-15,21H,5-6,9-10,12H2. The van der Waals surface area contributed by atoms with Crippen LogP contribution in [0.5, 0.6) is 5.75 Å². The third-order valence-electron chi connectivity index (χ3n) is 5.40. The van der Waals surface area contributed by atoms with E-state index in [9.17, 15) is 0 Å². The molecule has 2 aromatic carbocycles. The van der Waals surface area contributed by atoms with Crippen LogP contribution in [0.25, 0.3) is 21.9 Å². The van der Waals surface area contributed by atoms with E-state index in [2.05, 4.69) is 23.5 Å². The first kappa shape index (κ1) is 13.4. The maximum Gasteiger partial charge on any atom is 0.135 e. The SMILES string of the molecule is c1ccc2c(c1)oc1ccc(OCC3CC4CCC(C3)N4)cc12. The van der Waals surface area contributed by atoms with E-state index >= 15 is 0 Å². The van der Waals surface area contributed by atoms with Gasteiger partial charge in [0.15, 0.2) is 0 Å². The Hall–Kier alpha value is -2.00. The molecule has 3 aromatic rings. The molecule has 0 radical (unpaired) electrons. The minimum atomic E-state index is 0.686. The molecule has 2 fully saturated rings. The van der Waals surface area contributed by atoms with Gasteiger partial charge in [-0.2, -0.15) is 0 Å². The Balaban J connectivity index is 1.37. The minimum absolute atomic E-state index is 0.686. The molecular formula is C20H21NO2. The summed E-state index contributed by atoms with van der Waals surface area (Å²) in [7, 11) is 0. The molecule has 0 saturated carbocycles. The molecular weight excluding hydrogens is 286 g/mol. The Labute approximate surface area is 135 Å². The molecule has 23 heavy (non-hydrogen) atoms. The molecule has 3 heteroatoms. The van der Waals surface area contributed by atoms with Gasteiger partial charge in [0.1, 0.15) is 16.9 Å². The molecule has 3 heterocycles. The zero-order valence-corrected chi connectivity index (χ0v) is 13.1. The topological polar surface area (TPSA) is 34.4 Å². The highest BCUT2D eigenvalue weighted by atomic mass is 16.5. The van der Waals surface area contributed by atoms with Gasteiger partial charge in [-0.15, -0.1) is 0 Å². The Kier molecular flexibility index (Phi) is 3.08. The molecule has 2 bridgehead atoms. The number of ether oxygens (including phenoxy) is 1.